The van der Waals surface area contributed by atoms with Crippen molar-refractivity contribution in [2.45, 2.75) is 43.2 Å². The highest BCUT2D eigenvalue weighted by Gasteiger charge is 2.47. The Labute approximate surface area is 137 Å². The number of nitrogens with two attached hydrogens (primary N) is 1. The monoisotopic (exact) mass is 330 g/mol. The number of hydrogen-bond acceptors (Lipinski definition) is 8. The van der Waals surface area contributed by atoms with Crippen LogP contribution in [-0.2, 0) is 4.74 Å². The highest BCUT2D eigenvalue weighted by molar-refractivity contribution is 5.84. The van der Waals surface area contributed by atoms with Gasteiger partial charge in [-0.05, 0) is 12.8 Å². The van der Waals surface area contributed by atoms with Crippen molar-refractivity contribution in [1.29, 1.82) is 0 Å². The molecule has 9 heteroatoms. The van der Waals surface area contributed by atoms with Gasteiger partial charge in [-0.1, -0.05) is 5.92 Å². The van der Waals surface area contributed by atoms with Gasteiger partial charge in [0.1, 0.15) is 12.3 Å². The number of hydrogen-bond donors (Lipinski definition) is 4. The second kappa shape index (κ2) is 5.31. The van der Waals surface area contributed by atoms with Gasteiger partial charge in [0.05, 0.1) is 12.9 Å². The van der Waals surface area contributed by atoms with E-state index >= 15 is 0 Å². The van der Waals surface area contributed by atoms with E-state index in [4.69, 9.17) is 16.9 Å². The van der Waals surface area contributed by atoms with Crippen molar-refractivity contribution in [3.05, 3.63) is 6.33 Å². The Morgan fingerprint density at radius 3 is 2.92 bits per heavy atom. The molecule has 1 aliphatic heterocycles. The van der Waals surface area contributed by atoms with Crippen molar-refractivity contribution >= 4 is 22.9 Å². The predicted molar refractivity (Wildman–Crippen MR) is 85.8 cm³/mol. The summed E-state index contributed by atoms with van der Waals surface area (Å²) >= 11 is 0. The SMILES string of the molecule is C#C[C@]1(CO)O[C@@H](n2cnc3c(NC4CC4)nc(N)nc32)C[C@@H]1O. The molecule has 0 unspecified atom stereocenters. The maximum Gasteiger partial charge on any atom is 0.224 e. The summed E-state index contributed by atoms with van der Waals surface area (Å²) in [6, 6.07) is 0.390. The van der Waals surface area contributed by atoms with Gasteiger partial charge >= 0.3 is 0 Å². The molecule has 4 rings (SSSR count). The van der Waals surface area contributed by atoms with Gasteiger partial charge in [0.2, 0.25) is 5.95 Å². The van der Waals surface area contributed by atoms with Crippen molar-refractivity contribution in [3.8, 4) is 12.3 Å². The van der Waals surface area contributed by atoms with Crippen molar-refractivity contribution < 1.29 is 14.9 Å². The molecule has 3 heterocycles. The Kier molecular flexibility index (Phi) is 3.35. The third kappa shape index (κ3) is 2.27. The molecule has 0 spiro atoms. The number of aliphatic hydroxyl groups excluding tert-OH is 2. The zero-order valence-corrected chi connectivity index (χ0v) is 12.9. The summed E-state index contributed by atoms with van der Waals surface area (Å²) in [5.74, 6) is 3.06. The van der Waals surface area contributed by atoms with Gasteiger partial charge in [-0.15, -0.1) is 6.42 Å². The number of imidazole rings is 1. The lowest BCUT2D eigenvalue weighted by Gasteiger charge is -2.23. The molecule has 9 nitrogen and oxygen atoms in total. The van der Waals surface area contributed by atoms with Gasteiger partial charge in [0.15, 0.2) is 22.6 Å². The minimum Gasteiger partial charge on any atom is -0.392 e. The van der Waals surface area contributed by atoms with E-state index in [9.17, 15) is 10.2 Å². The molecule has 3 atom stereocenters. The molecule has 2 fully saturated rings. The summed E-state index contributed by atoms with van der Waals surface area (Å²) in [7, 11) is 0. The van der Waals surface area contributed by atoms with Crippen molar-refractivity contribution in [2.24, 2.45) is 0 Å². The summed E-state index contributed by atoms with van der Waals surface area (Å²) in [6.45, 7) is -0.473. The number of anilines is 2. The fourth-order valence-electron chi connectivity index (χ4n) is 2.91. The smallest absolute Gasteiger partial charge is 0.224 e. The van der Waals surface area contributed by atoms with Crippen molar-refractivity contribution in [1.82, 2.24) is 19.5 Å². The molecule has 0 aromatic carbocycles. The largest absolute Gasteiger partial charge is 0.392 e. The first-order valence-corrected chi connectivity index (χ1v) is 7.77. The third-order valence-corrected chi connectivity index (χ3v) is 4.46. The lowest BCUT2D eigenvalue weighted by molar-refractivity contribution is -0.0891. The molecule has 1 saturated carbocycles. The van der Waals surface area contributed by atoms with Crippen molar-refractivity contribution in [3.63, 3.8) is 0 Å². The number of rotatable bonds is 4. The zero-order valence-electron chi connectivity index (χ0n) is 12.9. The van der Waals surface area contributed by atoms with Crippen LogP contribution in [0.5, 0.6) is 0 Å². The fourth-order valence-corrected chi connectivity index (χ4v) is 2.91. The zero-order chi connectivity index (χ0) is 16.9. The topological polar surface area (TPSA) is 131 Å². The number of fused-ring (bicyclic) bond motifs is 1. The lowest BCUT2D eigenvalue weighted by atomic mass is 9.99. The van der Waals surface area contributed by atoms with Gasteiger partial charge < -0.3 is 26.0 Å². The molecule has 1 saturated heterocycles. The van der Waals surface area contributed by atoms with Crippen molar-refractivity contribution in [2.75, 3.05) is 17.7 Å². The molecule has 2 aromatic heterocycles. The number of aromatic nitrogens is 4. The molecule has 126 valence electrons. The van der Waals surface area contributed by atoms with Gasteiger partial charge in [-0.25, -0.2) is 4.98 Å². The Hall–Kier alpha value is -2.41. The van der Waals surface area contributed by atoms with Crippen LogP contribution in [0.25, 0.3) is 11.2 Å². The first-order chi connectivity index (χ1) is 11.6. The van der Waals surface area contributed by atoms with E-state index in [-0.39, 0.29) is 12.4 Å². The highest BCUT2D eigenvalue weighted by Crippen LogP contribution is 2.38. The standard InChI is InChI=1S/C15H18N6O3/c1-2-15(6-22)9(23)5-10(24-15)21-7-17-11-12(18-8-3-4-8)19-14(16)20-13(11)21/h1,7-10,22-23H,3-6H2,(H3,16,18,19,20)/t9-,10+,15+/m0/s1. The summed E-state index contributed by atoms with van der Waals surface area (Å²) in [6.07, 6.45) is 7.79. The average molecular weight is 330 g/mol. The fraction of sp³-hybridized carbons (Fsp3) is 0.533. The number of nitrogens with zero attached hydrogens (tertiary/aromatic N) is 4. The van der Waals surface area contributed by atoms with Crippen LogP contribution in [-0.4, -0.2) is 54.1 Å². The van der Waals surface area contributed by atoms with E-state index in [1.165, 1.54) is 0 Å². The molecule has 0 radical (unpaired) electrons. The number of nitrogen functional groups attached to an aromatic ring is 1. The average Bonchev–Trinajstić information content (AvgIpc) is 3.17. The Morgan fingerprint density at radius 2 is 2.29 bits per heavy atom. The maximum atomic E-state index is 10.2. The van der Waals surface area contributed by atoms with E-state index in [1.807, 2.05) is 0 Å². The van der Waals surface area contributed by atoms with Gasteiger partial charge in [0, 0.05) is 12.5 Å². The lowest BCUT2D eigenvalue weighted by Crippen LogP contribution is -2.41. The third-order valence-electron chi connectivity index (χ3n) is 4.46. The van der Waals surface area contributed by atoms with Crippen LogP contribution in [0.2, 0.25) is 0 Å². The van der Waals surface area contributed by atoms with E-state index in [2.05, 4.69) is 26.2 Å². The molecule has 1 aliphatic carbocycles. The minimum atomic E-state index is -1.42. The van der Waals surface area contributed by atoms with Crippen LogP contribution in [0.3, 0.4) is 0 Å². The predicted octanol–water partition coefficient (Wildman–Crippen LogP) is -0.373. The Balaban J connectivity index is 1.73. The quantitative estimate of drug-likeness (QED) is 0.558. The van der Waals surface area contributed by atoms with Gasteiger partial charge in [-0.3, -0.25) is 4.57 Å². The van der Waals surface area contributed by atoms with E-state index < -0.39 is 24.5 Å². The minimum absolute atomic E-state index is 0.122. The number of terminal acetylenes is 1. The Bertz CT molecular complexity index is 826. The van der Waals surface area contributed by atoms with E-state index in [0.29, 0.717) is 23.0 Å². The van der Waals surface area contributed by atoms with Crippen LogP contribution < -0.4 is 11.1 Å². The molecule has 2 aliphatic rings. The van der Waals surface area contributed by atoms with E-state index in [0.717, 1.165) is 12.8 Å². The Morgan fingerprint density at radius 1 is 1.50 bits per heavy atom. The first-order valence-electron chi connectivity index (χ1n) is 7.77. The molecule has 2 aromatic rings. The van der Waals surface area contributed by atoms with E-state index in [1.54, 1.807) is 10.9 Å². The molecule has 5 N–H and O–H groups in total. The maximum absolute atomic E-state index is 10.2. The second-order valence-corrected chi connectivity index (χ2v) is 6.19. The molecule has 24 heavy (non-hydrogen) atoms. The van der Waals surface area contributed by atoms with Crippen LogP contribution in [0, 0.1) is 12.3 Å². The number of ether oxygens (including phenoxy) is 1. The molecular weight excluding hydrogens is 312 g/mol. The van der Waals surface area contributed by atoms with Gasteiger partial charge in [0.25, 0.3) is 0 Å². The second-order valence-electron chi connectivity index (χ2n) is 6.19. The first kappa shape index (κ1) is 15.1. The van der Waals surface area contributed by atoms with Crippen LogP contribution in [0.15, 0.2) is 6.33 Å². The van der Waals surface area contributed by atoms with Crippen LogP contribution in [0.1, 0.15) is 25.5 Å². The molecule has 0 bridgehead atoms. The normalized spacial score (nSPS) is 29.7. The molecular formula is C15H18N6O3. The highest BCUT2D eigenvalue weighted by atomic mass is 16.6. The number of nitrogens with one attached hydrogen (secondary N) is 1. The number of aliphatic hydroxyl groups is 2. The van der Waals surface area contributed by atoms with Gasteiger partial charge in [-0.2, -0.15) is 9.97 Å². The summed E-state index contributed by atoms with van der Waals surface area (Å²) in [5, 5.41) is 23.0. The molecule has 0 amide bonds. The van der Waals surface area contributed by atoms with Crippen LogP contribution >= 0.6 is 0 Å². The summed E-state index contributed by atoms with van der Waals surface area (Å²) in [4.78, 5) is 12.8. The van der Waals surface area contributed by atoms with Crippen LogP contribution in [0.4, 0.5) is 11.8 Å². The summed E-state index contributed by atoms with van der Waals surface area (Å²) < 4.78 is 7.41. The summed E-state index contributed by atoms with van der Waals surface area (Å²) in [5.41, 5.74) is 5.47.